The quantitative estimate of drug-likeness (QED) is 0.917. The number of carbonyl (C=O) groups excluding carboxylic acids is 1. The fourth-order valence-corrected chi connectivity index (χ4v) is 3.30. The van der Waals surface area contributed by atoms with E-state index in [9.17, 15) is 4.79 Å². The van der Waals surface area contributed by atoms with Crippen LogP contribution in [0.3, 0.4) is 0 Å². The molecule has 0 radical (unpaired) electrons. The normalized spacial score (nSPS) is 23.3. The van der Waals surface area contributed by atoms with Gasteiger partial charge < -0.3 is 5.73 Å². The Hall–Kier alpha value is -0.570. The second kappa shape index (κ2) is 6.74. The number of hydrogen-bond acceptors (Lipinski definition) is 2. The number of halogens is 2. The van der Waals surface area contributed by atoms with Crippen molar-refractivity contribution in [3.63, 3.8) is 0 Å². The highest BCUT2D eigenvalue weighted by atomic mass is 35.5. The van der Waals surface area contributed by atoms with Crippen molar-refractivity contribution in [3.8, 4) is 0 Å². The Labute approximate surface area is 124 Å². The van der Waals surface area contributed by atoms with Crippen molar-refractivity contribution in [1.82, 2.24) is 0 Å². The summed E-state index contributed by atoms with van der Waals surface area (Å²) in [6.07, 6.45) is 4.69. The molecule has 0 aromatic heterocycles. The topological polar surface area (TPSA) is 43.1 Å². The number of hydrogen-bond donors (Lipinski definition) is 1. The van der Waals surface area contributed by atoms with Gasteiger partial charge >= 0.3 is 0 Å². The lowest BCUT2D eigenvalue weighted by molar-refractivity contribution is -0.124. The van der Waals surface area contributed by atoms with Crippen molar-refractivity contribution < 1.29 is 4.79 Å². The molecule has 2 N–H and O–H groups in total. The van der Waals surface area contributed by atoms with Crippen LogP contribution in [-0.4, -0.2) is 12.3 Å². The summed E-state index contributed by atoms with van der Waals surface area (Å²) in [5.74, 6) is 0.673. The molecule has 1 aliphatic carbocycles. The molecule has 0 bridgehead atoms. The van der Waals surface area contributed by atoms with Crippen molar-refractivity contribution in [2.75, 3.05) is 6.54 Å². The summed E-state index contributed by atoms with van der Waals surface area (Å²) in [4.78, 5) is 12.4. The Morgan fingerprint density at radius 1 is 1.26 bits per heavy atom. The lowest BCUT2D eigenvalue weighted by Crippen LogP contribution is -2.33. The van der Waals surface area contributed by atoms with E-state index in [2.05, 4.69) is 0 Å². The zero-order chi connectivity index (χ0) is 13.8. The van der Waals surface area contributed by atoms with Gasteiger partial charge in [-0.05, 0) is 36.9 Å². The van der Waals surface area contributed by atoms with Crippen LogP contribution in [-0.2, 0) is 11.2 Å². The largest absolute Gasteiger partial charge is 0.330 e. The summed E-state index contributed by atoms with van der Waals surface area (Å²) in [6.45, 7) is 0.597. The molecule has 0 saturated heterocycles. The molecule has 0 aliphatic heterocycles. The average molecular weight is 300 g/mol. The number of carbonyl (C=O) groups is 1. The maximum atomic E-state index is 12.4. The maximum Gasteiger partial charge on any atom is 0.140 e. The highest BCUT2D eigenvalue weighted by Crippen LogP contribution is 2.32. The molecule has 2 rings (SSSR count). The molecule has 0 heterocycles. The fraction of sp³-hybridized carbons (Fsp3) is 0.533. The van der Waals surface area contributed by atoms with Gasteiger partial charge in [0.05, 0.1) is 10.0 Å². The zero-order valence-corrected chi connectivity index (χ0v) is 12.4. The van der Waals surface area contributed by atoms with E-state index in [1.165, 1.54) is 6.42 Å². The van der Waals surface area contributed by atoms with Crippen LogP contribution in [0.25, 0.3) is 0 Å². The van der Waals surface area contributed by atoms with Crippen LogP contribution in [0.15, 0.2) is 18.2 Å². The first-order valence-electron chi connectivity index (χ1n) is 6.79. The molecule has 1 fully saturated rings. The summed E-state index contributed by atoms with van der Waals surface area (Å²) in [5.41, 5.74) is 6.60. The van der Waals surface area contributed by atoms with Gasteiger partial charge in [0, 0.05) is 12.3 Å². The molecule has 2 unspecified atom stereocenters. The van der Waals surface area contributed by atoms with Gasteiger partial charge in [0.2, 0.25) is 0 Å². The van der Waals surface area contributed by atoms with Gasteiger partial charge in [-0.3, -0.25) is 4.79 Å². The van der Waals surface area contributed by atoms with Gasteiger partial charge in [-0.1, -0.05) is 48.2 Å². The van der Waals surface area contributed by atoms with Crippen LogP contribution in [0, 0.1) is 11.8 Å². The molecular formula is C15H19Cl2NO. The second-order valence-corrected chi connectivity index (χ2v) is 6.03. The number of ketones is 1. The van der Waals surface area contributed by atoms with Crippen LogP contribution >= 0.6 is 23.2 Å². The predicted molar refractivity (Wildman–Crippen MR) is 79.7 cm³/mol. The standard InChI is InChI=1S/C15H19Cl2NO/c16-13-7-3-5-10(15(13)17)8-14(19)12-6-2-1-4-11(12)9-18/h3,5,7,11-12H,1-2,4,6,8-9,18H2. The lowest BCUT2D eigenvalue weighted by Gasteiger charge is -2.29. The molecule has 2 nitrogen and oxygen atoms in total. The minimum atomic E-state index is 0.0915. The summed E-state index contributed by atoms with van der Waals surface area (Å²) in [6, 6.07) is 5.44. The summed E-state index contributed by atoms with van der Waals surface area (Å²) in [5, 5.41) is 1.00. The molecule has 2 atom stereocenters. The van der Waals surface area contributed by atoms with Gasteiger partial charge in [0.15, 0.2) is 0 Å². The monoisotopic (exact) mass is 299 g/mol. The first kappa shape index (κ1) is 14.8. The van der Waals surface area contributed by atoms with Crippen LogP contribution in [0.1, 0.15) is 31.2 Å². The molecule has 1 aromatic carbocycles. The minimum absolute atomic E-state index is 0.0915. The van der Waals surface area contributed by atoms with Gasteiger partial charge in [-0.2, -0.15) is 0 Å². The number of benzene rings is 1. The Balaban J connectivity index is 2.09. The lowest BCUT2D eigenvalue weighted by atomic mass is 9.76. The highest BCUT2D eigenvalue weighted by Gasteiger charge is 2.29. The Morgan fingerprint density at radius 3 is 2.74 bits per heavy atom. The number of rotatable bonds is 4. The van der Waals surface area contributed by atoms with Gasteiger partial charge in [0.1, 0.15) is 5.78 Å². The number of Topliss-reactive ketones (excluding diaryl/α,β-unsaturated/α-hetero) is 1. The molecule has 104 valence electrons. The SMILES string of the molecule is NCC1CCCCC1C(=O)Cc1cccc(Cl)c1Cl. The number of nitrogens with two attached hydrogens (primary N) is 1. The third kappa shape index (κ3) is 3.50. The predicted octanol–water partition coefficient (Wildman–Crippen LogP) is 3.87. The van der Waals surface area contributed by atoms with Crippen molar-refractivity contribution in [2.45, 2.75) is 32.1 Å². The van der Waals surface area contributed by atoms with E-state index in [1.54, 1.807) is 6.07 Å². The average Bonchev–Trinajstić information content (AvgIpc) is 2.43. The zero-order valence-electron chi connectivity index (χ0n) is 10.9. The van der Waals surface area contributed by atoms with Crippen LogP contribution in [0.5, 0.6) is 0 Å². The third-order valence-corrected chi connectivity index (χ3v) is 4.88. The van der Waals surface area contributed by atoms with Crippen molar-refractivity contribution in [2.24, 2.45) is 17.6 Å². The van der Waals surface area contributed by atoms with Gasteiger partial charge in [-0.15, -0.1) is 0 Å². The van der Waals surface area contributed by atoms with E-state index in [0.29, 0.717) is 28.9 Å². The molecule has 0 amide bonds. The molecule has 4 heteroatoms. The van der Waals surface area contributed by atoms with Gasteiger partial charge in [-0.25, -0.2) is 0 Å². The maximum absolute atomic E-state index is 12.4. The Morgan fingerprint density at radius 2 is 2.00 bits per heavy atom. The summed E-state index contributed by atoms with van der Waals surface area (Å²) < 4.78 is 0. The molecular weight excluding hydrogens is 281 g/mol. The minimum Gasteiger partial charge on any atom is -0.330 e. The van der Waals surface area contributed by atoms with E-state index in [1.807, 2.05) is 12.1 Å². The van der Waals surface area contributed by atoms with Crippen LogP contribution in [0.2, 0.25) is 10.0 Å². The first-order chi connectivity index (χ1) is 9.13. The van der Waals surface area contributed by atoms with Crippen LogP contribution < -0.4 is 5.73 Å². The van der Waals surface area contributed by atoms with Crippen molar-refractivity contribution >= 4 is 29.0 Å². The third-order valence-electron chi connectivity index (χ3n) is 4.02. The first-order valence-corrected chi connectivity index (χ1v) is 7.54. The van der Waals surface area contributed by atoms with E-state index in [-0.39, 0.29) is 11.7 Å². The van der Waals surface area contributed by atoms with E-state index >= 15 is 0 Å². The highest BCUT2D eigenvalue weighted by molar-refractivity contribution is 6.42. The van der Waals surface area contributed by atoms with E-state index < -0.39 is 0 Å². The smallest absolute Gasteiger partial charge is 0.140 e. The van der Waals surface area contributed by atoms with E-state index in [0.717, 1.165) is 24.8 Å². The van der Waals surface area contributed by atoms with Crippen LogP contribution in [0.4, 0.5) is 0 Å². The Kier molecular flexibility index (Phi) is 5.26. The second-order valence-electron chi connectivity index (χ2n) is 5.24. The molecule has 1 aromatic rings. The van der Waals surface area contributed by atoms with Gasteiger partial charge in [0.25, 0.3) is 0 Å². The fourth-order valence-electron chi connectivity index (χ4n) is 2.92. The molecule has 1 aliphatic rings. The van der Waals surface area contributed by atoms with E-state index in [4.69, 9.17) is 28.9 Å². The molecule has 0 spiro atoms. The Bertz CT molecular complexity index is 461. The van der Waals surface area contributed by atoms with Crippen molar-refractivity contribution in [3.05, 3.63) is 33.8 Å². The van der Waals surface area contributed by atoms with Crippen molar-refractivity contribution in [1.29, 1.82) is 0 Å². The summed E-state index contributed by atoms with van der Waals surface area (Å²) >= 11 is 12.1. The molecule has 19 heavy (non-hydrogen) atoms. The summed E-state index contributed by atoms with van der Waals surface area (Å²) in [7, 11) is 0. The molecule has 1 saturated carbocycles.